The minimum atomic E-state index is -1.02. The molecule has 2 aromatic carbocycles. The topological polar surface area (TPSA) is 97.0 Å². The van der Waals surface area contributed by atoms with E-state index in [-0.39, 0.29) is 11.7 Å². The van der Waals surface area contributed by atoms with Crippen molar-refractivity contribution in [1.82, 2.24) is 10.2 Å². The second-order valence-corrected chi connectivity index (χ2v) is 11.5. The van der Waals surface area contributed by atoms with E-state index in [1.807, 2.05) is 52.8 Å². The highest BCUT2D eigenvalue weighted by Gasteiger charge is 2.43. The van der Waals surface area contributed by atoms with Crippen molar-refractivity contribution < 1.29 is 23.9 Å². The molecule has 9 heteroatoms. The van der Waals surface area contributed by atoms with Crippen molar-refractivity contribution in [3.63, 3.8) is 0 Å². The summed E-state index contributed by atoms with van der Waals surface area (Å²) in [6.45, 7) is 14.9. The molecular weight excluding hydrogens is 514 g/mol. The first-order valence-corrected chi connectivity index (χ1v) is 13.7. The van der Waals surface area contributed by atoms with E-state index < -0.39 is 35.2 Å². The lowest BCUT2D eigenvalue weighted by Crippen LogP contribution is -2.59. The first kappa shape index (κ1) is 32.0. The summed E-state index contributed by atoms with van der Waals surface area (Å²) >= 11 is 4.37. The third-order valence-electron chi connectivity index (χ3n) is 6.73. The van der Waals surface area contributed by atoms with Gasteiger partial charge in [0.05, 0.1) is 7.11 Å². The summed E-state index contributed by atoms with van der Waals surface area (Å²) in [7, 11) is 1.57. The highest BCUT2D eigenvalue weighted by Crippen LogP contribution is 2.35. The van der Waals surface area contributed by atoms with Crippen LogP contribution in [0.5, 0.6) is 5.75 Å². The Hall–Kier alpha value is -3.20. The number of hydrogen-bond donors (Lipinski definition) is 3. The lowest BCUT2D eigenvalue weighted by atomic mass is 9.89. The smallest absolute Gasteiger partial charge is 0.408 e. The molecule has 0 saturated carbocycles. The Morgan fingerprint density at radius 3 is 2.13 bits per heavy atom. The summed E-state index contributed by atoms with van der Waals surface area (Å²) in [5.74, 6) is -0.126. The maximum atomic E-state index is 14.2. The van der Waals surface area contributed by atoms with Crippen molar-refractivity contribution in [3.05, 3.63) is 59.2 Å². The maximum absolute atomic E-state index is 14.2. The number of ether oxygens (including phenoxy) is 2. The number of methoxy groups -OCH3 is 1. The van der Waals surface area contributed by atoms with Crippen molar-refractivity contribution in [1.29, 1.82) is 0 Å². The molecular formula is C30H43N3O5S. The van der Waals surface area contributed by atoms with E-state index >= 15 is 0 Å². The molecule has 0 saturated heterocycles. The number of anilines is 1. The van der Waals surface area contributed by atoms with Crippen LogP contribution in [-0.4, -0.2) is 52.9 Å². The number of nitrogens with zero attached hydrogens (tertiary/aromatic N) is 1. The van der Waals surface area contributed by atoms with Gasteiger partial charge in [-0.2, -0.15) is 12.6 Å². The second kappa shape index (κ2) is 13.2. The van der Waals surface area contributed by atoms with Crippen molar-refractivity contribution in [2.75, 3.05) is 18.2 Å². The van der Waals surface area contributed by atoms with Crippen LogP contribution >= 0.6 is 12.6 Å². The van der Waals surface area contributed by atoms with Gasteiger partial charge in [0, 0.05) is 17.0 Å². The van der Waals surface area contributed by atoms with E-state index in [9.17, 15) is 14.4 Å². The number of thiol groups is 1. The van der Waals surface area contributed by atoms with Crippen LogP contribution in [0.1, 0.15) is 70.7 Å². The third kappa shape index (κ3) is 8.39. The van der Waals surface area contributed by atoms with Crippen LogP contribution in [0.15, 0.2) is 42.5 Å². The first-order valence-electron chi connectivity index (χ1n) is 13.1. The quantitative estimate of drug-likeness (QED) is 0.319. The van der Waals surface area contributed by atoms with Gasteiger partial charge in [-0.25, -0.2) is 4.79 Å². The van der Waals surface area contributed by atoms with Gasteiger partial charge in [-0.05, 0) is 95.8 Å². The Bertz CT molecular complexity index is 1160. The van der Waals surface area contributed by atoms with Gasteiger partial charge in [-0.1, -0.05) is 25.1 Å². The number of nitrogens with one attached hydrogen (secondary N) is 2. The van der Waals surface area contributed by atoms with E-state index in [1.165, 1.54) is 0 Å². The van der Waals surface area contributed by atoms with Crippen LogP contribution in [0, 0.1) is 13.8 Å². The molecule has 0 bridgehead atoms. The number of carbonyl (C=O) groups excluding carboxylic acids is 3. The van der Waals surface area contributed by atoms with Gasteiger partial charge < -0.3 is 25.0 Å². The van der Waals surface area contributed by atoms with Crippen molar-refractivity contribution >= 4 is 36.2 Å². The summed E-state index contributed by atoms with van der Waals surface area (Å²) < 4.78 is 10.6. The minimum absolute atomic E-state index is 0.0218. The third-order valence-corrected chi connectivity index (χ3v) is 7.10. The molecule has 0 aromatic heterocycles. The Labute approximate surface area is 238 Å². The Kier molecular flexibility index (Phi) is 10.9. The predicted octanol–water partition coefficient (Wildman–Crippen LogP) is 5.83. The number of alkyl carbamates (subject to hydrolysis) is 1. The monoisotopic (exact) mass is 557 g/mol. The zero-order valence-corrected chi connectivity index (χ0v) is 25.4. The lowest BCUT2D eigenvalue weighted by Gasteiger charge is -2.45. The molecule has 214 valence electrons. The molecule has 0 aliphatic carbocycles. The van der Waals surface area contributed by atoms with Crippen LogP contribution in [0.4, 0.5) is 10.5 Å². The summed E-state index contributed by atoms with van der Waals surface area (Å²) in [4.78, 5) is 42.5. The van der Waals surface area contributed by atoms with E-state index in [2.05, 4.69) is 23.3 Å². The SMILES string of the molecule is CCC(C)(C)N(C(=O)C(CS)NC(=O)OC(C)(C)C)C(C(=O)Nc1ccc(OC)cc1)c1cccc(C)c1C. The predicted molar refractivity (Wildman–Crippen MR) is 159 cm³/mol. The van der Waals surface area contributed by atoms with Crippen LogP contribution in [0.3, 0.4) is 0 Å². The summed E-state index contributed by atoms with van der Waals surface area (Å²) in [6, 6.07) is 10.7. The van der Waals surface area contributed by atoms with Crippen LogP contribution in [0.2, 0.25) is 0 Å². The van der Waals surface area contributed by atoms with Crippen LogP contribution in [0.25, 0.3) is 0 Å². The summed E-state index contributed by atoms with van der Waals surface area (Å²) in [5.41, 5.74) is 1.66. The molecule has 8 nitrogen and oxygen atoms in total. The largest absolute Gasteiger partial charge is 0.497 e. The fourth-order valence-electron chi connectivity index (χ4n) is 4.10. The van der Waals surface area contributed by atoms with Gasteiger partial charge in [0.25, 0.3) is 5.91 Å². The average molecular weight is 558 g/mol. The normalized spacial score (nSPS) is 13.2. The Morgan fingerprint density at radius 2 is 1.62 bits per heavy atom. The number of benzene rings is 2. The van der Waals surface area contributed by atoms with Gasteiger partial charge >= 0.3 is 6.09 Å². The molecule has 2 unspecified atom stereocenters. The van der Waals surface area contributed by atoms with Gasteiger partial charge in [-0.3, -0.25) is 9.59 Å². The average Bonchev–Trinajstić information content (AvgIpc) is 2.86. The van der Waals surface area contributed by atoms with E-state index in [0.717, 1.165) is 11.1 Å². The zero-order chi connectivity index (χ0) is 29.5. The van der Waals surface area contributed by atoms with Gasteiger partial charge in [-0.15, -0.1) is 0 Å². The molecule has 0 radical (unpaired) electrons. The van der Waals surface area contributed by atoms with Crippen LogP contribution < -0.4 is 15.4 Å². The molecule has 2 N–H and O–H groups in total. The van der Waals surface area contributed by atoms with Crippen LogP contribution in [-0.2, 0) is 14.3 Å². The molecule has 0 spiro atoms. The molecule has 2 rings (SSSR count). The fourth-order valence-corrected chi connectivity index (χ4v) is 4.35. The summed E-state index contributed by atoms with van der Waals surface area (Å²) in [6.07, 6.45) is -0.170. The number of aryl methyl sites for hydroxylation is 1. The van der Waals surface area contributed by atoms with Gasteiger partial charge in [0.15, 0.2) is 0 Å². The molecule has 0 fully saturated rings. The molecule has 0 heterocycles. The fraction of sp³-hybridized carbons (Fsp3) is 0.500. The van der Waals surface area contributed by atoms with Crippen molar-refractivity contribution in [3.8, 4) is 5.75 Å². The maximum Gasteiger partial charge on any atom is 0.408 e. The molecule has 0 aliphatic heterocycles. The molecule has 0 aliphatic rings. The molecule has 2 atom stereocenters. The molecule has 39 heavy (non-hydrogen) atoms. The Morgan fingerprint density at radius 1 is 1.00 bits per heavy atom. The Balaban J connectivity index is 2.62. The highest BCUT2D eigenvalue weighted by atomic mass is 32.1. The van der Waals surface area contributed by atoms with Gasteiger partial charge in [0.1, 0.15) is 23.4 Å². The van der Waals surface area contributed by atoms with Crippen molar-refractivity contribution in [2.45, 2.75) is 85.0 Å². The number of hydrogen-bond acceptors (Lipinski definition) is 6. The second-order valence-electron chi connectivity index (χ2n) is 11.2. The highest BCUT2D eigenvalue weighted by molar-refractivity contribution is 7.80. The number of amides is 3. The molecule has 2 aromatic rings. The van der Waals surface area contributed by atoms with E-state index in [4.69, 9.17) is 9.47 Å². The lowest BCUT2D eigenvalue weighted by molar-refractivity contribution is -0.147. The number of rotatable bonds is 10. The van der Waals surface area contributed by atoms with E-state index in [1.54, 1.807) is 57.0 Å². The number of carbonyl (C=O) groups is 3. The van der Waals surface area contributed by atoms with E-state index in [0.29, 0.717) is 23.4 Å². The first-order chi connectivity index (χ1) is 18.1. The standard InChI is InChI=1S/C30H43N3O5S/c1-10-30(7,8)33(27(35)24(18-39)32-28(36)38-29(4,5)6)25(23-13-11-12-19(2)20(23)3)26(34)31-21-14-16-22(37-9)17-15-21/h11-17,24-25,39H,10,18H2,1-9H3,(H,31,34)(H,32,36). The zero-order valence-electron chi connectivity index (χ0n) is 24.5. The summed E-state index contributed by atoms with van der Waals surface area (Å²) in [5, 5.41) is 5.64. The van der Waals surface area contributed by atoms with Gasteiger partial charge in [0.2, 0.25) is 5.91 Å². The van der Waals surface area contributed by atoms with Crippen molar-refractivity contribution in [2.24, 2.45) is 0 Å². The minimum Gasteiger partial charge on any atom is -0.497 e. The molecule has 3 amide bonds.